The molecule has 2 aliphatic rings. The summed E-state index contributed by atoms with van der Waals surface area (Å²) in [5.74, 6) is -0.573. The zero-order chi connectivity index (χ0) is 29.4. The predicted molar refractivity (Wildman–Crippen MR) is 160 cm³/mol. The first-order valence-electron chi connectivity index (χ1n) is 13.9. The van der Waals surface area contributed by atoms with Gasteiger partial charge in [0.1, 0.15) is 24.1 Å². The molecule has 2 aliphatic heterocycles. The van der Waals surface area contributed by atoms with Crippen LogP contribution in [0.1, 0.15) is 19.3 Å². The van der Waals surface area contributed by atoms with E-state index in [2.05, 4.69) is 24.6 Å². The number of aromatic nitrogens is 2. The van der Waals surface area contributed by atoms with E-state index in [1.807, 2.05) is 4.90 Å². The molecule has 2 aromatic carbocycles. The highest BCUT2D eigenvalue weighted by atomic mass is 32.1. The molecular weight excluding hydrogens is 558 g/mol. The van der Waals surface area contributed by atoms with Crippen LogP contribution in [0.2, 0.25) is 0 Å². The number of piperazine rings is 1. The Morgan fingerprint density at radius 3 is 2.79 bits per heavy atom. The number of hydrogen-bond acceptors (Lipinski definition) is 8. The lowest BCUT2D eigenvalue weighted by Crippen LogP contribution is -2.55. The molecular formula is C31H30F2N6O2S. The minimum Gasteiger partial charge on any atom is -0.462 e. The summed E-state index contributed by atoms with van der Waals surface area (Å²) < 4.78 is 37.0. The third-order valence-electron chi connectivity index (χ3n) is 8.23. The summed E-state index contributed by atoms with van der Waals surface area (Å²) in [6, 6.07) is 10.5. The van der Waals surface area contributed by atoms with Crippen LogP contribution in [0.25, 0.3) is 32.1 Å². The highest BCUT2D eigenvalue weighted by molar-refractivity contribution is 7.17. The van der Waals surface area contributed by atoms with E-state index in [0.717, 1.165) is 19.4 Å². The van der Waals surface area contributed by atoms with Crippen LogP contribution in [-0.2, 0) is 4.79 Å². The molecule has 0 unspecified atom stereocenters. The lowest BCUT2D eigenvalue weighted by Gasteiger charge is -2.41. The van der Waals surface area contributed by atoms with Gasteiger partial charge in [0.25, 0.3) is 0 Å². The Morgan fingerprint density at radius 1 is 1.17 bits per heavy atom. The monoisotopic (exact) mass is 588 g/mol. The number of carbonyl (C=O) groups excluding carboxylic acids is 1. The van der Waals surface area contributed by atoms with E-state index in [4.69, 9.17) is 14.7 Å². The van der Waals surface area contributed by atoms with Crippen LogP contribution in [0.4, 0.5) is 14.6 Å². The molecule has 11 heteroatoms. The van der Waals surface area contributed by atoms with Crippen LogP contribution in [0.3, 0.4) is 0 Å². The predicted octanol–water partition coefficient (Wildman–Crippen LogP) is 5.38. The van der Waals surface area contributed by atoms with Gasteiger partial charge in [0.05, 0.1) is 24.0 Å². The molecule has 2 atom stereocenters. The summed E-state index contributed by atoms with van der Waals surface area (Å²) in [5.41, 5.74) is 1.38. The minimum absolute atomic E-state index is 0.135. The number of halogens is 2. The van der Waals surface area contributed by atoms with Crippen LogP contribution in [0.15, 0.2) is 48.4 Å². The normalized spacial score (nSPS) is 19.4. The van der Waals surface area contributed by atoms with E-state index < -0.39 is 5.82 Å². The fourth-order valence-corrected chi connectivity index (χ4v) is 6.90. The van der Waals surface area contributed by atoms with E-state index in [1.165, 1.54) is 28.9 Å². The Labute approximate surface area is 246 Å². The van der Waals surface area contributed by atoms with Crippen LogP contribution >= 0.6 is 11.3 Å². The van der Waals surface area contributed by atoms with Gasteiger partial charge in [0.15, 0.2) is 0 Å². The second kappa shape index (κ2) is 11.6. The third-order valence-corrected chi connectivity index (χ3v) is 9.23. The molecule has 0 radical (unpaired) electrons. The molecule has 6 rings (SSSR count). The molecule has 0 spiro atoms. The number of benzene rings is 2. The fraction of sp³-hybridized carbons (Fsp3) is 0.355. The van der Waals surface area contributed by atoms with Gasteiger partial charge in [-0.1, -0.05) is 24.8 Å². The number of fused-ring (bicyclic) bond motifs is 2. The SMILES string of the molecule is C=CC(=O)N1CCN(c2nc(OC[C@@H]3CCCN3C)nc3cc(-c4cccc5c(F)csc45)c(F)cc23)C[C@@H]1CC#N. The molecule has 8 nitrogen and oxygen atoms in total. The van der Waals surface area contributed by atoms with Crippen molar-refractivity contribution >= 4 is 44.1 Å². The Bertz CT molecular complexity index is 1720. The van der Waals surface area contributed by atoms with Gasteiger partial charge in [-0.2, -0.15) is 15.2 Å². The van der Waals surface area contributed by atoms with Crippen molar-refractivity contribution < 1.29 is 18.3 Å². The first-order valence-corrected chi connectivity index (χ1v) is 14.8. The Kier molecular flexibility index (Phi) is 7.75. The molecule has 0 saturated carbocycles. The molecule has 2 aromatic heterocycles. The second-order valence-corrected chi connectivity index (χ2v) is 11.6. The number of carbonyl (C=O) groups is 1. The van der Waals surface area contributed by atoms with Crippen LogP contribution in [0, 0.1) is 23.0 Å². The van der Waals surface area contributed by atoms with Gasteiger partial charge in [-0.25, -0.2) is 8.78 Å². The Balaban J connectivity index is 1.44. The van der Waals surface area contributed by atoms with Crippen molar-refractivity contribution in [2.24, 2.45) is 0 Å². The number of thiophene rings is 1. The second-order valence-electron chi connectivity index (χ2n) is 10.7. The summed E-state index contributed by atoms with van der Waals surface area (Å²) in [4.78, 5) is 27.8. The molecule has 4 heterocycles. The summed E-state index contributed by atoms with van der Waals surface area (Å²) in [5, 5.41) is 11.8. The van der Waals surface area contributed by atoms with Crippen molar-refractivity contribution in [1.82, 2.24) is 19.8 Å². The first-order chi connectivity index (χ1) is 20.4. The third kappa shape index (κ3) is 5.16. The van der Waals surface area contributed by atoms with E-state index in [-0.39, 0.29) is 36.2 Å². The average Bonchev–Trinajstić information content (AvgIpc) is 3.59. The van der Waals surface area contributed by atoms with Crippen molar-refractivity contribution in [3.05, 3.63) is 60.0 Å². The standard InChI is InChI=1S/C31H30F2N6O2S/c1-3-28(40)39-13-12-38(16-19(39)9-10-34)30-24-14-25(32)23(21-7-4-8-22-26(33)18-42-29(21)22)15-27(24)35-31(36-30)41-17-20-6-5-11-37(20)2/h3-4,7-8,14-15,18-20H,1,5-6,9,11-13,16-17H2,2H3/t19-,20-/m0/s1. The first kappa shape index (κ1) is 28.0. The minimum atomic E-state index is -0.482. The van der Waals surface area contributed by atoms with Gasteiger partial charge in [-0.05, 0) is 44.6 Å². The van der Waals surface area contributed by atoms with E-state index >= 15 is 4.39 Å². The molecule has 0 bridgehead atoms. The van der Waals surface area contributed by atoms with Gasteiger partial charge in [-0.15, -0.1) is 11.3 Å². The lowest BCUT2D eigenvalue weighted by atomic mass is 10.0. The van der Waals surface area contributed by atoms with Gasteiger partial charge in [-0.3, -0.25) is 4.79 Å². The van der Waals surface area contributed by atoms with Gasteiger partial charge in [0, 0.05) is 57.7 Å². The number of nitrogens with zero attached hydrogens (tertiary/aromatic N) is 6. The fourth-order valence-electron chi connectivity index (χ4n) is 5.96. The highest BCUT2D eigenvalue weighted by Crippen LogP contribution is 2.39. The maximum atomic E-state index is 15.9. The molecule has 0 aliphatic carbocycles. The van der Waals surface area contributed by atoms with Crippen molar-refractivity contribution in [2.45, 2.75) is 31.3 Å². The number of amides is 1. The van der Waals surface area contributed by atoms with Crippen molar-refractivity contribution in [3.63, 3.8) is 0 Å². The molecule has 4 aromatic rings. The summed E-state index contributed by atoms with van der Waals surface area (Å²) >= 11 is 1.23. The zero-order valence-corrected chi connectivity index (χ0v) is 24.0. The molecule has 0 N–H and O–H groups in total. The number of hydrogen-bond donors (Lipinski definition) is 0. The van der Waals surface area contributed by atoms with Crippen LogP contribution in [-0.4, -0.2) is 77.6 Å². The van der Waals surface area contributed by atoms with Gasteiger partial charge >= 0.3 is 6.01 Å². The number of nitriles is 1. The zero-order valence-electron chi connectivity index (χ0n) is 23.2. The molecule has 2 fully saturated rings. The summed E-state index contributed by atoms with van der Waals surface area (Å²) in [6.45, 7) is 6.13. The van der Waals surface area contributed by atoms with Crippen molar-refractivity contribution in [1.29, 1.82) is 5.26 Å². The van der Waals surface area contributed by atoms with E-state index in [1.54, 1.807) is 29.2 Å². The number of ether oxygens (including phenoxy) is 1. The number of likely N-dealkylation sites (N-methyl/N-ethyl adjacent to an activating group) is 1. The van der Waals surface area contributed by atoms with Gasteiger partial charge < -0.3 is 19.4 Å². The lowest BCUT2D eigenvalue weighted by molar-refractivity contribution is -0.128. The van der Waals surface area contributed by atoms with Gasteiger partial charge in [0.2, 0.25) is 5.91 Å². The maximum Gasteiger partial charge on any atom is 0.319 e. The summed E-state index contributed by atoms with van der Waals surface area (Å²) in [7, 11) is 2.07. The van der Waals surface area contributed by atoms with Crippen LogP contribution in [0.5, 0.6) is 6.01 Å². The quantitative estimate of drug-likeness (QED) is 0.268. The molecule has 1 amide bonds. The maximum absolute atomic E-state index is 15.9. The number of anilines is 1. The smallest absolute Gasteiger partial charge is 0.319 e. The van der Waals surface area contributed by atoms with Crippen molar-refractivity contribution in [3.8, 4) is 23.2 Å². The average molecular weight is 589 g/mol. The largest absolute Gasteiger partial charge is 0.462 e. The number of likely N-dealkylation sites (tertiary alicyclic amines) is 1. The van der Waals surface area contributed by atoms with E-state index in [0.29, 0.717) is 64.2 Å². The van der Waals surface area contributed by atoms with E-state index in [9.17, 15) is 14.4 Å². The van der Waals surface area contributed by atoms with Crippen molar-refractivity contribution in [2.75, 3.05) is 44.7 Å². The molecule has 42 heavy (non-hydrogen) atoms. The molecule has 2 saturated heterocycles. The Morgan fingerprint density at radius 2 is 2.02 bits per heavy atom. The molecule has 216 valence electrons. The highest BCUT2D eigenvalue weighted by Gasteiger charge is 2.32. The summed E-state index contributed by atoms with van der Waals surface area (Å²) in [6.07, 6.45) is 3.50. The topological polar surface area (TPSA) is 85.6 Å². The van der Waals surface area contributed by atoms with Crippen LogP contribution < -0.4 is 9.64 Å². The number of rotatable bonds is 7. The Hall–Kier alpha value is -4.14.